The van der Waals surface area contributed by atoms with Crippen molar-refractivity contribution in [1.82, 2.24) is 0 Å². The molecule has 0 aliphatic heterocycles. The Bertz CT molecular complexity index is 486. The highest BCUT2D eigenvalue weighted by Crippen LogP contribution is 2.54. The first-order valence-corrected chi connectivity index (χ1v) is 8.08. The summed E-state index contributed by atoms with van der Waals surface area (Å²) in [5, 5.41) is 0. The van der Waals surface area contributed by atoms with Gasteiger partial charge in [0, 0.05) is 11.1 Å². The maximum atomic E-state index is 6.93. The predicted molar refractivity (Wildman–Crippen MR) is 89.5 cm³/mol. The van der Waals surface area contributed by atoms with Crippen molar-refractivity contribution >= 4 is 0 Å². The zero-order chi connectivity index (χ0) is 15.9. The molecule has 2 rings (SSSR count). The standard InChI is InChI=1S/C19H31NO/c1-14(2)21-16-10-8-7-9-15(16)19(20)12-17(3,4)11-18(5,6)13-19/h7-10,14H,11-13,20H2,1-6H3. The van der Waals surface area contributed by atoms with E-state index in [9.17, 15) is 0 Å². The maximum Gasteiger partial charge on any atom is 0.124 e. The fourth-order valence-electron chi connectivity index (χ4n) is 4.62. The first-order valence-electron chi connectivity index (χ1n) is 8.08. The summed E-state index contributed by atoms with van der Waals surface area (Å²) in [6, 6.07) is 8.31. The fourth-order valence-corrected chi connectivity index (χ4v) is 4.62. The van der Waals surface area contributed by atoms with Crippen molar-refractivity contribution in [3.63, 3.8) is 0 Å². The first kappa shape index (κ1) is 16.4. The smallest absolute Gasteiger partial charge is 0.124 e. The van der Waals surface area contributed by atoms with Gasteiger partial charge in [0.05, 0.1) is 6.10 Å². The van der Waals surface area contributed by atoms with Crippen LogP contribution in [-0.2, 0) is 5.54 Å². The number of para-hydroxylation sites is 1. The Labute approximate surface area is 130 Å². The van der Waals surface area contributed by atoms with Gasteiger partial charge in [0.25, 0.3) is 0 Å². The van der Waals surface area contributed by atoms with Crippen LogP contribution in [0.2, 0.25) is 0 Å². The highest BCUT2D eigenvalue weighted by atomic mass is 16.5. The summed E-state index contributed by atoms with van der Waals surface area (Å²) in [5.41, 5.74) is 8.29. The largest absolute Gasteiger partial charge is 0.491 e. The van der Waals surface area contributed by atoms with E-state index in [4.69, 9.17) is 10.5 Å². The molecule has 2 heteroatoms. The molecular formula is C19H31NO. The topological polar surface area (TPSA) is 35.2 Å². The van der Waals surface area contributed by atoms with Gasteiger partial charge in [-0.15, -0.1) is 0 Å². The van der Waals surface area contributed by atoms with Crippen molar-refractivity contribution in [2.24, 2.45) is 16.6 Å². The van der Waals surface area contributed by atoms with Crippen molar-refractivity contribution in [2.45, 2.75) is 72.4 Å². The van der Waals surface area contributed by atoms with E-state index in [0.717, 1.165) is 18.6 Å². The monoisotopic (exact) mass is 289 g/mol. The zero-order valence-electron chi connectivity index (χ0n) is 14.5. The molecular weight excluding hydrogens is 258 g/mol. The lowest BCUT2D eigenvalue weighted by Crippen LogP contribution is -2.50. The van der Waals surface area contributed by atoms with Crippen LogP contribution in [0, 0.1) is 10.8 Å². The first-order chi connectivity index (χ1) is 9.53. The quantitative estimate of drug-likeness (QED) is 0.862. The van der Waals surface area contributed by atoms with E-state index in [-0.39, 0.29) is 22.5 Å². The average molecular weight is 289 g/mol. The molecule has 0 bridgehead atoms. The third-order valence-corrected chi connectivity index (χ3v) is 4.33. The predicted octanol–water partition coefficient (Wildman–Crippen LogP) is 4.86. The summed E-state index contributed by atoms with van der Waals surface area (Å²) in [6.07, 6.45) is 3.38. The van der Waals surface area contributed by atoms with Crippen LogP contribution in [0.4, 0.5) is 0 Å². The fraction of sp³-hybridized carbons (Fsp3) is 0.684. The van der Waals surface area contributed by atoms with Crippen LogP contribution in [0.1, 0.15) is 66.4 Å². The van der Waals surface area contributed by atoms with Crippen LogP contribution in [0.25, 0.3) is 0 Å². The average Bonchev–Trinajstić information content (AvgIpc) is 2.23. The van der Waals surface area contributed by atoms with Gasteiger partial charge in [-0.2, -0.15) is 0 Å². The number of benzene rings is 1. The van der Waals surface area contributed by atoms with E-state index >= 15 is 0 Å². The molecule has 0 radical (unpaired) electrons. The Balaban J connectivity index is 2.44. The van der Waals surface area contributed by atoms with Gasteiger partial charge in [-0.1, -0.05) is 45.9 Å². The molecule has 0 aromatic heterocycles. The van der Waals surface area contributed by atoms with Gasteiger partial charge in [-0.05, 0) is 50.0 Å². The summed E-state index contributed by atoms with van der Waals surface area (Å²) in [4.78, 5) is 0. The summed E-state index contributed by atoms with van der Waals surface area (Å²) < 4.78 is 6.02. The van der Waals surface area contributed by atoms with E-state index in [1.54, 1.807) is 0 Å². The summed E-state index contributed by atoms with van der Waals surface area (Å²) in [5.74, 6) is 0.948. The van der Waals surface area contributed by atoms with Gasteiger partial charge in [0.15, 0.2) is 0 Å². The molecule has 0 saturated heterocycles. The van der Waals surface area contributed by atoms with E-state index in [2.05, 4.69) is 59.7 Å². The molecule has 1 aromatic rings. The normalized spacial score (nSPS) is 23.0. The molecule has 0 heterocycles. The highest BCUT2D eigenvalue weighted by molar-refractivity contribution is 5.40. The molecule has 1 aromatic carbocycles. The molecule has 21 heavy (non-hydrogen) atoms. The van der Waals surface area contributed by atoms with Crippen LogP contribution in [0.5, 0.6) is 5.75 Å². The van der Waals surface area contributed by atoms with Gasteiger partial charge in [-0.25, -0.2) is 0 Å². The minimum absolute atomic E-state index is 0.166. The second kappa shape index (κ2) is 5.31. The molecule has 0 spiro atoms. The van der Waals surface area contributed by atoms with Crippen LogP contribution >= 0.6 is 0 Å². The Kier molecular flexibility index (Phi) is 4.14. The minimum Gasteiger partial charge on any atom is -0.491 e. The molecule has 1 fully saturated rings. The van der Waals surface area contributed by atoms with E-state index < -0.39 is 0 Å². The lowest BCUT2D eigenvalue weighted by atomic mass is 9.57. The van der Waals surface area contributed by atoms with Gasteiger partial charge in [0.2, 0.25) is 0 Å². The Morgan fingerprint density at radius 3 is 2.00 bits per heavy atom. The summed E-state index contributed by atoms with van der Waals surface area (Å²) in [6.45, 7) is 13.5. The van der Waals surface area contributed by atoms with Crippen LogP contribution in [0.15, 0.2) is 24.3 Å². The molecule has 118 valence electrons. The second-order valence-electron chi connectivity index (χ2n) is 8.68. The maximum absolute atomic E-state index is 6.93. The van der Waals surface area contributed by atoms with Crippen LogP contribution in [0.3, 0.4) is 0 Å². The zero-order valence-corrected chi connectivity index (χ0v) is 14.5. The van der Waals surface area contributed by atoms with Gasteiger partial charge in [0.1, 0.15) is 5.75 Å². The molecule has 1 saturated carbocycles. The number of rotatable bonds is 3. The molecule has 2 N–H and O–H groups in total. The lowest BCUT2D eigenvalue weighted by molar-refractivity contribution is 0.0451. The van der Waals surface area contributed by atoms with Crippen LogP contribution in [-0.4, -0.2) is 6.10 Å². The lowest BCUT2D eigenvalue weighted by Gasteiger charge is -2.51. The Morgan fingerprint density at radius 1 is 0.952 bits per heavy atom. The van der Waals surface area contributed by atoms with Gasteiger partial charge >= 0.3 is 0 Å². The molecule has 0 amide bonds. The van der Waals surface area contributed by atoms with E-state index in [1.807, 2.05) is 6.07 Å². The third-order valence-electron chi connectivity index (χ3n) is 4.33. The second-order valence-corrected chi connectivity index (χ2v) is 8.68. The third kappa shape index (κ3) is 3.79. The molecule has 1 aliphatic carbocycles. The van der Waals surface area contributed by atoms with E-state index in [0.29, 0.717) is 0 Å². The highest BCUT2D eigenvalue weighted by Gasteiger charge is 2.47. The number of hydrogen-bond acceptors (Lipinski definition) is 2. The van der Waals surface area contributed by atoms with Crippen molar-refractivity contribution < 1.29 is 4.74 Å². The van der Waals surface area contributed by atoms with Crippen LogP contribution < -0.4 is 10.5 Å². The summed E-state index contributed by atoms with van der Waals surface area (Å²) in [7, 11) is 0. The molecule has 0 unspecified atom stereocenters. The van der Waals surface area contributed by atoms with Crippen molar-refractivity contribution in [1.29, 1.82) is 0 Å². The molecule has 0 atom stereocenters. The van der Waals surface area contributed by atoms with Crippen molar-refractivity contribution in [3.05, 3.63) is 29.8 Å². The molecule has 2 nitrogen and oxygen atoms in total. The van der Waals surface area contributed by atoms with Gasteiger partial charge < -0.3 is 10.5 Å². The SMILES string of the molecule is CC(C)Oc1ccccc1C1(N)CC(C)(C)CC(C)(C)C1. The molecule has 1 aliphatic rings. The Morgan fingerprint density at radius 2 is 1.48 bits per heavy atom. The summed E-state index contributed by atoms with van der Waals surface area (Å²) >= 11 is 0. The minimum atomic E-state index is -0.309. The number of nitrogens with two attached hydrogens (primary N) is 1. The van der Waals surface area contributed by atoms with Gasteiger partial charge in [-0.3, -0.25) is 0 Å². The van der Waals surface area contributed by atoms with E-state index in [1.165, 1.54) is 12.0 Å². The van der Waals surface area contributed by atoms with Crippen molar-refractivity contribution in [2.75, 3.05) is 0 Å². The number of hydrogen-bond donors (Lipinski definition) is 1. The van der Waals surface area contributed by atoms with Crippen molar-refractivity contribution in [3.8, 4) is 5.75 Å². The number of ether oxygens (including phenoxy) is 1. The Hall–Kier alpha value is -1.02.